The molecule has 106 valence electrons. The molecule has 1 atom stereocenters. The van der Waals surface area contributed by atoms with Crippen LogP contribution in [0.1, 0.15) is 25.3 Å². The van der Waals surface area contributed by atoms with Crippen LogP contribution in [0.25, 0.3) is 0 Å². The first kappa shape index (κ1) is 16.0. The van der Waals surface area contributed by atoms with Gasteiger partial charge in [0.15, 0.2) is 0 Å². The lowest BCUT2D eigenvalue weighted by molar-refractivity contribution is -0.119. The number of halogens is 1. The summed E-state index contributed by atoms with van der Waals surface area (Å²) < 4.78 is 0. The first-order chi connectivity index (χ1) is 8.70. The van der Waals surface area contributed by atoms with Gasteiger partial charge in [0.05, 0.1) is 0 Å². The molecule has 0 radical (unpaired) electrons. The van der Waals surface area contributed by atoms with Crippen LogP contribution < -0.4 is 10.2 Å². The lowest BCUT2D eigenvalue weighted by Crippen LogP contribution is -2.32. The summed E-state index contributed by atoms with van der Waals surface area (Å²) in [6.07, 6.45) is 1.78. The van der Waals surface area contributed by atoms with Gasteiger partial charge in [-0.3, -0.25) is 4.79 Å². The summed E-state index contributed by atoms with van der Waals surface area (Å²) in [5.74, 6) is 0.757. The SMILES string of the molecule is CCN(C(=O)CC1CCNC1)c1ccc(C)cc1.Cl. The van der Waals surface area contributed by atoms with Gasteiger partial charge >= 0.3 is 0 Å². The van der Waals surface area contributed by atoms with E-state index in [1.165, 1.54) is 5.56 Å². The van der Waals surface area contributed by atoms with Crippen molar-refractivity contribution in [3.8, 4) is 0 Å². The Hall–Kier alpha value is -1.06. The number of carbonyl (C=O) groups is 1. The number of rotatable bonds is 4. The second kappa shape index (κ2) is 7.51. The van der Waals surface area contributed by atoms with Gasteiger partial charge in [0.2, 0.25) is 5.91 Å². The van der Waals surface area contributed by atoms with Crippen molar-refractivity contribution in [1.82, 2.24) is 5.32 Å². The molecule has 0 aliphatic carbocycles. The van der Waals surface area contributed by atoms with Crippen molar-refractivity contribution in [1.29, 1.82) is 0 Å². The Morgan fingerprint density at radius 1 is 1.37 bits per heavy atom. The maximum absolute atomic E-state index is 12.3. The second-order valence-corrected chi connectivity index (χ2v) is 5.04. The monoisotopic (exact) mass is 282 g/mol. The molecule has 0 aromatic heterocycles. The third-order valence-corrected chi connectivity index (χ3v) is 3.59. The van der Waals surface area contributed by atoms with E-state index in [2.05, 4.69) is 24.4 Å². The molecule has 1 aromatic carbocycles. The van der Waals surface area contributed by atoms with Gasteiger partial charge in [-0.15, -0.1) is 12.4 Å². The fourth-order valence-corrected chi connectivity index (χ4v) is 2.47. The van der Waals surface area contributed by atoms with Crippen LogP contribution in [0.3, 0.4) is 0 Å². The Morgan fingerprint density at radius 3 is 2.58 bits per heavy atom. The lowest BCUT2D eigenvalue weighted by atomic mass is 10.0. The van der Waals surface area contributed by atoms with E-state index in [-0.39, 0.29) is 18.3 Å². The summed E-state index contributed by atoms with van der Waals surface area (Å²) in [7, 11) is 0. The van der Waals surface area contributed by atoms with Crippen molar-refractivity contribution < 1.29 is 4.79 Å². The molecule has 2 rings (SSSR count). The standard InChI is InChI=1S/C15H22N2O.ClH/c1-3-17(14-6-4-12(2)5-7-14)15(18)10-13-8-9-16-11-13;/h4-7,13,16H,3,8-11H2,1-2H3;1H. The number of nitrogens with one attached hydrogen (secondary N) is 1. The molecule has 0 bridgehead atoms. The zero-order chi connectivity index (χ0) is 13.0. The smallest absolute Gasteiger partial charge is 0.227 e. The van der Waals surface area contributed by atoms with Crippen LogP contribution in [0.5, 0.6) is 0 Å². The van der Waals surface area contributed by atoms with E-state index in [0.29, 0.717) is 12.3 Å². The van der Waals surface area contributed by atoms with Crippen molar-refractivity contribution in [2.24, 2.45) is 5.92 Å². The van der Waals surface area contributed by atoms with Crippen LogP contribution >= 0.6 is 12.4 Å². The van der Waals surface area contributed by atoms with E-state index < -0.39 is 0 Å². The highest BCUT2D eigenvalue weighted by atomic mass is 35.5. The van der Waals surface area contributed by atoms with Crippen molar-refractivity contribution in [3.63, 3.8) is 0 Å². The molecule has 19 heavy (non-hydrogen) atoms. The van der Waals surface area contributed by atoms with Gasteiger partial charge in [0.25, 0.3) is 0 Å². The van der Waals surface area contributed by atoms with Crippen LogP contribution in [-0.2, 0) is 4.79 Å². The summed E-state index contributed by atoms with van der Waals surface area (Å²) in [5.41, 5.74) is 2.24. The number of benzene rings is 1. The summed E-state index contributed by atoms with van der Waals surface area (Å²) in [6, 6.07) is 8.18. The van der Waals surface area contributed by atoms with Gasteiger partial charge in [-0.25, -0.2) is 0 Å². The molecule has 0 spiro atoms. The van der Waals surface area contributed by atoms with Crippen molar-refractivity contribution >= 4 is 24.0 Å². The van der Waals surface area contributed by atoms with E-state index in [1.54, 1.807) is 0 Å². The molecule has 1 saturated heterocycles. The van der Waals surface area contributed by atoms with Crippen LogP contribution in [0.2, 0.25) is 0 Å². The Labute approximate surface area is 121 Å². The zero-order valence-corrected chi connectivity index (χ0v) is 12.5. The number of aryl methyl sites for hydroxylation is 1. The molecule has 1 fully saturated rings. The fraction of sp³-hybridized carbons (Fsp3) is 0.533. The van der Waals surface area contributed by atoms with Crippen molar-refractivity contribution in [3.05, 3.63) is 29.8 Å². The van der Waals surface area contributed by atoms with Gasteiger partial charge < -0.3 is 10.2 Å². The molecule has 1 aliphatic rings. The quantitative estimate of drug-likeness (QED) is 0.921. The Kier molecular flexibility index (Phi) is 6.32. The van der Waals surface area contributed by atoms with E-state index in [0.717, 1.165) is 31.7 Å². The summed E-state index contributed by atoms with van der Waals surface area (Å²) in [5, 5.41) is 3.31. The third kappa shape index (κ3) is 4.22. The van der Waals surface area contributed by atoms with Crippen molar-refractivity contribution in [2.75, 3.05) is 24.5 Å². The van der Waals surface area contributed by atoms with Gasteiger partial charge in [-0.05, 0) is 51.4 Å². The molecule has 1 amide bonds. The van der Waals surface area contributed by atoms with Gasteiger partial charge in [0, 0.05) is 18.7 Å². The Balaban J connectivity index is 0.00000180. The van der Waals surface area contributed by atoms with E-state index in [1.807, 2.05) is 24.0 Å². The minimum absolute atomic E-state index is 0. The molecule has 1 aliphatic heterocycles. The number of nitrogens with zero attached hydrogens (tertiary/aromatic N) is 1. The average Bonchev–Trinajstić information content (AvgIpc) is 2.85. The minimum Gasteiger partial charge on any atom is -0.316 e. The molecule has 1 N–H and O–H groups in total. The van der Waals surface area contributed by atoms with Crippen LogP contribution in [0.15, 0.2) is 24.3 Å². The predicted octanol–water partition coefficient (Wildman–Crippen LogP) is 2.77. The largest absolute Gasteiger partial charge is 0.316 e. The van der Waals surface area contributed by atoms with Crippen LogP contribution in [-0.4, -0.2) is 25.5 Å². The molecule has 1 unspecified atom stereocenters. The third-order valence-electron chi connectivity index (χ3n) is 3.59. The van der Waals surface area contributed by atoms with Crippen LogP contribution in [0.4, 0.5) is 5.69 Å². The highest BCUT2D eigenvalue weighted by Gasteiger charge is 2.21. The highest BCUT2D eigenvalue weighted by Crippen LogP contribution is 2.19. The average molecular weight is 283 g/mol. The predicted molar refractivity (Wildman–Crippen MR) is 82.0 cm³/mol. The normalized spacial score (nSPS) is 17.9. The first-order valence-corrected chi connectivity index (χ1v) is 6.78. The number of hydrogen-bond acceptors (Lipinski definition) is 2. The van der Waals surface area contributed by atoms with Gasteiger partial charge in [-0.1, -0.05) is 17.7 Å². The van der Waals surface area contributed by atoms with Gasteiger partial charge in [0.1, 0.15) is 0 Å². The maximum atomic E-state index is 12.3. The second-order valence-electron chi connectivity index (χ2n) is 5.04. The fourth-order valence-electron chi connectivity index (χ4n) is 2.47. The molecular weight excluding hydrogens is 260 g/mol. The molecule has 1 heterocycles. The van der Waals surface area contributed by atoms with Crippen molar-refractivity contribution in [2.45, 2.75) is 26.7 Å². The molecule has 0 saturated carbocycles. The summed E-state index contributed by atoms with van der Waals surface area (Å²) in [6.45, 7) is 6.87. The number of carbonyl (C=O) groups excluding carboxylic acids is 1. The van der Waals surface area contributed by atoms with Crippen LogP contribution in [0, 0.1) is 12.8 Å². The maximum Gasteiger partial charge on any atom is 0.227 e. The number of amides is 1. The summed E-state index contributed by atoms with van der Waals surface area (Å²) >= 11 is 0. The highest BCUT2D eigenvalue weighted by molar-refractivity contribution is 5.93. The van der Waals surface area contributed by atoms with E-state index >= 15 is 0 Å². The molecule has 3 nitrogen and oxygen atoms in total. The Morgan fingerprint density at radius 2 is 2.05 bits per heavy atom. The molecule has 4 heteroatoms. The molecule has 1 aromatic rings. The lowest BCUT2D eigenvalue weighted by Gasteiger charge is -2.22. The number of anilines is 1. The van der Waals surface area contributed by atoms with E-state index in [9.17, 15) is 4.79 Å². The van der Waals surface area contributed by atoms with E-state index in [4.69, 9.17) is 0 Å². The Bertz CT molecular complexity index is 399. The zero-order valence-electron chi connectivity index (χ0n) is 11.7. The topological polar surface area (TPSA) is 32.3 Å². The number of hydrogen-bond donors (Lipinski definition) is 1. The van der Waals surface area contributed by atoms with Gasteiger partial charge in [-0.2, -0.15) is 0 Å². The summed E-state index contributed by atoms with van der Waals surface area (Å²) in [4.78, 5) is 14.2. The minimum atomic E-state index is 0. The first-order valence-electron chi connectivity index (χ1n) is 6.78. The molecular formula is C15H23ClN2O.